The Kier molecular flexibility index (Phi) is 7.71. The molecule has 8 nitrogen and oxygen atoms in total. The van der Waals surface area contributed by atoms with Gasteiger partial charge in [-0.15, -0.1) is 0 Å². The molecule has 0 amide bonds. The molecule has 1 N–H and O–H groups in total. The standard InChI is InChI=1S/C28H35NO7/c1-6-35-20-12-11-17(14-21(20)33-4)24-23(28(32)36-18-9-7-8-10-18)16(3)29-19-13-15(2)22(27(31)34-5)26(30)25(19)24/h11-12,14-15,18,22,24,29H,6-10,13H2,1-5H3/t15-,22-,24+/m0/s1. The number of nitrogens with one attached hydrogen (secondary N) is 1. The number of ketones is 1. The van der Waals surface area contributed by atoms with Gasteiger partial charge in [-0.3, -0.25) is 9.59 Å². The number of dihydropyridines is 1. The van der Waals surface area contributed by atoms with Crippen molar-refractivity contribution < 1.29 is 33.3 Å². The molecule has 1 aliphatic heterocycles. The van der Waals surface area contributed by atoms with Gasteiger partial charge in [-0.2, -0.15) is 0 Å². The largest absolute Gasteiger partial charge is 0.493 e. The number of hydrogen-bond donors (Lipinski definition) is 1. The van der Waals surface area contributed by atoms with Crippen LogP contribution in [0.3, 0.4) is 0 Å². The minimum atomic E-state index is -0.937. The summed E-state index contributed by atoms with van der Waals surface area (Å²) in [5, 5.41) is 3.30. The molecule has 0 radical (unpaired) electrons. The van der Waals surface area contributed by atoms with Gasteiger partial charge in [0.15, 0.2) is 17.3 Å². The second kappa shape index (κ2) is 10.8. The molecule has 1 fully saturated rings. The molecule has 0 spiro atoms. The molecule has 0 unspecified atom stereocenters. The maximum Gasteiger partial charge on any atom is 0.337 e. The fraction of sp³-hybridized carbons (Fsp3) is 0.536. The number of allylic oxidation sites excluding steroid dienone is 3. The van der Waals surface area contributed by atoms with Gasteiger partial charge in [0.05, 0.1) is 26.4 Å². The third-order valence-corrected chi connectivity index (χ3v) is 7.36. The molecular formula is C28H35NO7. The van der Waals surface area contributed by atoms with E-state index in [0.29, 0.717) is 46.9 Å². The number of rotatable bonds is 7. The van der Waals surface area contributed by atoms with Gasteiger partial charge >= 0.3 is 11.9 Å². The smallest absolute Gasteiger partial charge is 0.337 e. The fourth-order valence-corrected chi connectivity index (χ4v) is 5.64. The molecule has 1 aromatic carbocycles. The van der Waals surface area contributed by atoms with Gasteiger partial charge in [0, 0.05) is 22.9 Å². The van der Waals surface area contributed by atoms with Gasteiger partial charge in [0.2, 0.25) is 0 Å². The summed E-state index contributed by atoms with van der Waals surface area (Å²) in [6.07, 6.45) is 4.08. The van der Waals surface area contributed by atoms with E-state index in [9.17, 15) is 14.4 Å². The molecule has 1 heterocycles. The number of carbonyl (C=O) groups is 3. The van der Waals surface area contributed by atoms with E-state index in [1.807, 2.05) is 26.8 Å². The van der Waals surface area contributed by atoms with Gasteiger partial charge in [-0.05, 0) is 69.6 Å². The highest BCUT2D eigenvalue weighted by molar-refractivity contribution is 6.12. The SMILES string of the molecule is CCOc1ccc([C@@H]2C(C(=O)OC3CCCC3)=C(C)NC3=C2C(=O)[C@@H](C(=O)OC)[C@@H](C)C3)cc1OC. The lowest BCUT2D eigenvalue weighted by molar-refractivity contribution is -0.151. The van der Waals surface area contributed by atoms with Crippen LogP contribution in [-0.2, 0) is 23.9 Å². The Morgan fingerprint density at radius 2 is 1.83 bits per heavy atom. The molecule has 8 heteroatoms. The lowest BCUT2D eigenvalue weighted by Crippen LogP contribution is -2.43. The minimum absolute atomic E-state index is 0.131. The Morgan fingerprint density at radius 1 is 1.11 bits per heavy atom. The Balaban J connectivity index is 1.84. The van der Waals surface area contributed by atoms with Gasteiger partial charge < -0.3 is 24.3 Å². The van der Waals surface area contributed by atoms with Crippen molar-refractivity contribution in [3.63, 3.8) is 0 Å². The first-order valence-electron chi connectivity index (χ1n) is 12.6. The highest BCUT2D eigenvalue weighted by Gasteiger charge is 2.47. The zero-order valence-corrected chi connectivity index (χ0v) is 21.6. The molecule has 0 aromatic heterocycles. The van der Waals surface area contributed by atoms with Crippen molar-refractivity contribution in [2.45, 2.75) is 64.9 Å². The van der Waals surface area contributed by atoms with Crippen LogP contribution < -0.4 is 14.8 Å². The van der Waals surface area contributed by atoms with Crippen molar-refractivity contribution in [3.05, 3.63) is 46.3 Å². The first-order valence-corrected chi connectivity index (χ1v) is 12.6. The van der Waals surface area contributed by atoms with Crippen molar-refractivity contribution in [1.29, 1.82) is 0 Å². The number of hydrogen-bond acceptors (Lipinski definition) is 8. The highest BCUT2D eigenvalue weighted by atomic mass is 16.5. The van der Waals surface area contributed by atoms with Crippen LogP contribution in [0.4, 0.5) is 0 Å². The zero-order chi connectivity index (χ0) is 26.0. The number of carbonyl (C=O) groups excluding carboxylic acids is 3. The molecule has 0 saturated heterocycles. The summed E-state index contributed by atoms with van der Waals surface area (Å²) in [5.41, 5.74) is 2.83. The molecule has 1 saturated carbocycles. The van der Waals surface area contributed by atoms with Crippen molar-refractivity contribution in [2.24, 2.45) is 11.8 Å². The molecule has 36 heavy (non-hydrogen) atoms. The maximum absolute atomic E-state index is 13.9. The summed E-state index contributed by atoms with van der Waals surface area (Å²) in [6.45, 7) is 6.04. The summed E-state index contributed by atoms with van der Waals surface area (Å²) in [5.74, 6) is -2.18. The van der Waals surface area contributed by atoms with Crippen LogP contribution in [0.1, 0.15) is 64.4 Å². The minimum Gasteiger partial charge on any atom is -0.493 e. The van der Waals surface area contributed by atoms with E-state index in [4.69, 9.17) is 18.9 Å². The average molecular weight is 498 g/mol. The first kappa shape index (κ1) is 25.8. The summed E-state index contributed by atoms with van der Waals surface area (Å²) in [6, 6.07) is 5.41. The Bertz CT molecular complexity index is 1110. The summed E-state index contributed by atoms with van der Waals surface area (Å²) in [7, 11) is 2.83. The van der Waals surface area contributed by atoms with E-state index in [-0.39, 0.29) is 17.8 Å². The van der Waals surface area contributed by atoms with Crippen molar-refractivity contribution >= 4 is 17.7 Å². The third kappa shape index (κ3) is 4.73. The normalized spacial score (nSPS) is 24.2. The molecule has 2 aliphatic carbocycles. The van der Waals surface area contributed by atoms with E-state index in [2.05, 4.69) is 5.32 Å². The average Bonchev–Trinajstić information content (AvgIpc) is 3.36. The predicted molar refractivity (Wildman–Crippen MR) is 132 cm³/mol. The Hall–Kier alpha value is -3.29. The zero-order valence-electron chi connectivity index (χ0n) is 21.6. The third-order valence-electron chi connectivity index (χ3n) is 7.36. The molecule has 0 bridgehead atoms. The van der Waals surface area contributed by atoms with E-state index >= 15 is 0 Å². The van der Waals surface area contributed by atoms with E-state index in [0.717, 1.165) is 31.4 Å². The first-order chi connectivity index (χ1) is 17.3. The van der Waals surface area contributed by atoms with Crippen LogP contribution in [0.5, 0.6) is 11.5 Å². The summed E-state index contributed by atoms with van der Waals surface area (Å²) in [4.78, 5) is 40.1. The Morgan fingerprint density at radius 3 is 2.47 bits per heavy atom. The van der Waals surface area contributed by atoms with Crippen molar-refractivity contribution in [3.8, 4) is 11.5 Å². The summed E-state index contributed by atoms with van der Waals surface area (Å²) < 4.78 is 22.1. The molecule has 3 aliphatic rings. The van der Waals surface area contributed by atoms with Crippen LogP contribution >= 0.6 is 0 Å². The number of benzene rings is 1. The van der Waals surface area contributed by atoms with Crippen molar-refractivity contribution in [1.82, 2.24) is 5.32 Å². The summed E-state index contributed by atoms with van der Waals surface area (Å²) >= 11 is 0. The quantitative estimate of drug-likeness (QED) is 0.442. The lowest BCUT2D eigenvalue weighted by atomic mass is 9.69. The van der Waals surface area contributed by atoms with Crippen LogP contribution in [0, 0.1) is 11.8 Å². The van der Waals surface area contributed by atoms with Crippen LogP contribution in [0.25, 0.3) is 0 Å². The van der Waals surface area contributed by atoms with Gasteiger partial charge in [0.25, 0.3) is 0 Å². The van der Waals surface area contributed by atoms with E-state index in [1.165, 1.54) is 7.11 Å². The highest BCUT2D eigenvalue weighted by Crippen LogP contribution is 2.47. The molecular weight excluding hydrogens is 462 g/mol. The molecule has 3 atom stereocenters. The predicted octanol–water partition coefficient (Wildman–Crippen LogP) is 4.19. The lowest BCUT2D eigenvalue weighted by Gasteiger charge is -2.38. The second-order valence-corrected chi connectivity index (χ2v) is 9.69. The molecule has 194 valence electrons. The molecule has 1 aromatic rings. The van der Waals surface area contributed by atoms with Crippen LogP contribution in [0.2, 0.25) is 0 Å². The van der Waals surface area contributed by atoms with Gasteiger partial charge in [0.1, 0.15) is 12.0 Å². The number of Topliss-reactive ketones (excluding diaryl/α,β-unsaturated/α-hetero) is 1. The Labute approximate surface area is 212 Å². The van der Waals surface area contributed by atoms with Crippen LogP contribution in [-0.4, -0.2) is 44.7 Å². The number of esters is 2. The van der Waals surface area contributed by atoms with Crippen LogP contribution in [0.15, 0.2) is 40.7 Å². The van der Waals surface area contributed by atoms with E-state index < -0.39 is 23.8 Å². The topological polar surface area (TPSA) is 100 Å². The maximum atomic E-state index is 13.9. The molecule has 4 rings (SSSR count). The van der Waals surface area contributed by atoms with E-state index in [1.54, 1.807) is 19.2 Å². The number of methoxy groups -OCH3 is 2. The number of ether oxygens (including phenoxy) is 4. The van der Waals surface area contributed by atoms with Gasteiger partial charge in [-0.25, -0.2) is 4.79 Å². The second-order valence-electron chi connectivity index (χ2n) is 9.69. The fourth-order valence-electron chi connectivity index (χ4n) is 5.64. The monoisotopic (exact) mass is 497 g/mol. The van der Waals surface area contributed by atoms with Crippen molar-refractivity contribution in [2.75, 3.05) is 20.8 Å². The van der Waals surface area contributed by atoms with Gasteiger partial charge in [-0.1, -0.05) is 13.0 Å².